The number of rotatable bonds is 4. The fourth-order valence-electron chi connectivity index (χ4n) is 1.50. The van der Waals surface area contributed by atoms with Crippen molar-refractivity contribution in [3.8, 4) is 0 Å². The average molecular weight is 314 g/mol. The summed E-state index contributed by atoms with van der Waals surface area (Å²) < 4.78 is 4.72. The summed E-state index contributed by atoms with van der Waals surface area (Å²) in [6.07, 6.45) is 0. The van der Waals surface area contributed by atoms with Crippen LogP contribution in [0.25, 0.3) is 0 Å². The van der Waals surface area contributed by atoms with Gasteiger partial charge in [0.25, 0.3) is 0 Å². The SMILES string of the molecule is COC(=O)c1sc(CSc2ccccc2Cl)nc1C. The highest BCUT2D eigenvalue weighted by Gasteiger charge is 2.15. The van der Waals surface area contributed by atoms with Crippen LogP contribution in [0.3, 0.4) is 0 Å². The van der Waals surface area contributed by atoms with Gasteiger partial charge in [-0.05, 0) is 19.1 Å². The molecule has 2 rings (SSSR count). The number of esters is 1. The molecule has 2 aromatic rings. The van der Waals surface area contributed by atoms with Gasteiger partial charge in [0.1, 0.15) is 9.88 Å². The minimum absolute atomic E-state index is 0.330. The lowest BCUT2D eigenvalue weighted by Crippen LogP contribution is -1.99. The van der Waals surface area contributed by atoms with Crippen molar-refractivity contribution in [3.63, 3.8) is 0 Å². The van der Waals surface area contributed by atoms with Gasteiger partial charge in [-0.2, -0.15) is 0 Å². The van der Waals surface area contributed by atoms with E-state index >= 15 is 0 Å². The Hall–Kier alpha value is -1.04. The van der Waals surface area contributed by atoms with Crippen molar-refractivity contribution in [2.45, 2.75) is 17.6 Å². The summed E-state index contributed by atoms with van der Waals surface area (Å²) in [6, 6.07) is 7.67. The number of ether oxygens (including phenoxy) is 1. The zero-order chi connectivity index (χ0) is 13.8. The van der Waals surface area contributed by atoms with Crippen LogP contribution >= 0.6 is 34.7 Å². The number of thioether (sulfide) groups is 1. The topological polar surface area (TPSA) is 39.2 Å². The first-order valence-corrected chi connectivity index (χ1v) is 7.71. The highest BCUT2D eigenvalue weighted by molar-refractivity contribution is 7.98. The fraction of sp³-hybridized carbons (Fsp3) is 0.231. The number of hydrogen-bond acceptors (Lipinski definition) is 5. The molecule has 1 aromatic carbocycles. The minimum atomic E-state index is -0.330. The summed E-state index contributed by atoms with van der Waals surface area (Å²) >= 11 is 9.06. The Bertz CT molecular complexity index is 598. The second kappa shape index (κ2) is 6.41. The van der Waals surface area contributed by atoms with Gasteiger partial charge >= 0.3 is 5.97 Å². The molecule has 1 aromatic heterocycles. The van der Waals surface area contributed by atoms with Crippen molar-refractivity contribution >= 4 is 40.7 Å². The predicted octanol–water partition coefficient (Wildman–Crippen LogP) is 4.18. The van der Waals surface area contributed by atoms with Crippen molar-refractivity contribution in [2.24, 2.45) is 0 Å². The molecule has 0 amide bonds. The molecule has 6 heteroatoms. The first-order valence-electron chi connectivity index (χ1n) is 5.53. The molecular formula is C13H12ClNO2S2. The van der Waals surface area contributed by atoms with Crippen LogP contribution in [0.1, 0.15) is 20.4 Å². The fourth-order valence-corrected chi connectivity index (χ4v) is 3.71. The van der Waals surface area contributed by atoms with Gasteiger partial charge in [0.2, 0.25) is 0 Å². The number of aryl methyl sites for hydroxylation is 1. The Balaban J connectivity index is 2.09. The van der Waals surface area contributed by atoms with E-state index in [9.17, 15) is 4.79 Å². The molecule has 0 radical (unpaired) electrons. The molecule has 0 aliphatic carbocycles. The molecule has 0 atom stereocenters. The Morgan fingerprint density at radius 3 is 2.89 bits per heavy atom. The van der Waals surface area contributed by atoms with Gasteiger partial charge in [-0.15, -0.1) is 23.1 Å². The molecule has 0 aliphatic rings. The van der Waals surface area contributed by atoms with Crippen LogP contribution in [0.2, 0.25) is 5.02 Å². The molecule has 0 unspecified atom stereocenters. The van der Waals surface area contributed by atoms with E-state index in [0.29, 0.717) is 16.3 Å². The number of carbonyl (C=O) groups is 1. The molecule has 1 heterocycles. The molecule has 3 nitrogen and oxygen atoms in total. The zero-order valence-corrected chi connectivity index (χ0v) is 12.9. The quantitative estimate of drug-likeness (QED) is 0.627. The monoisotopic (exact) mass is 313 g/mol. The molecule has 0 N–H and O–H groups in total. The average Bonchev–Trinajstić information content (AvgIpc) is 2.78. The predicted molar refractivity (Wildman–Crippen MR) is 79.2 cm³/mol. The normalized spacial score (nSPS) is 10.5. The van der Waals surface area contributed by atoms with Crippen LogP contribution in [0.4, 0.5) is 0 Å². The second-order valence-corrected chi connectivity index (χ2v) is 6.24. The number of thiazole rings is 1. The Morgan fingerprint density at radius 1 is 1.47 bits per heavy atom. The van der Waals surface area contributed by atoms with Gasteiger partial charge < -0.3 is 4.74 Å². The zero-order valence-electron chi connectivity index (χ0n) is 10.5. The Kier molecular flexibility index (Phi) is 4.85. The van der Waals surface area contributed by atoms with E-state index in [-0.39, 0.29) is 5.97 Å². The van der Waals surface area contributed by atoms with Crippen molar-refractivity contribution in [1.82, 2.24) is 4.98 Å². The smallest absolute Gasteiger partial charge is 0.349 e. The lowest BCUT2D eigenvalue weighted by molar-refractivity contribution is 0.0605. The second-order valence-electron chi connectivity index (χ2n) is 3.73. The first-order chi connectivity index (χ1) is 9.11. The van der Waals surface area contributed by atoms with Crippen LogP contribution in [0, 0.1) is 6.92 Å². The van der Waals surface area contributed by atoms with Crippen molar-refractivity contribution < 1.29 is 9.53 Å². The number of hydrogen-bond donors (Lipinski definition) is 0. The number of methoxy groups -OCH3 is 1. The minimum Gasteiger partial charge on any atom is -0.465 e. The molecule has 0 aliphatic heterocycles. The van der Waals surface area contributed by atoms with E-state index in [1.165, 1.54) is 18.4 Å². The summed E-state index contributed by atoms with van der Waals surface area (Å²) in [6.45, 7) is 1.81. The van der Waals surface area contributed by atoms with Gasteiger partial charge in [-0.25, -0.2) is 9.78 Å². The van der Waals surface area contributed by atoms with E-state index in [0.717, 1.165) is 14.9 Å². The van der Waals surface area contributed by atoms with E-state index in [1.54, 1.807) is 11.8 Å². The third-order valence-electron chi connectivity index (χ3n) is 2.40. The van der Waals surface area contributed by atoms with E-state index < -0.39 is 0 Å². The first kappa shape index (κ1) is 14.4. The summed E-state index contributed by atoms with van der Waals surface area (Å²) in [5.74, 6) is 0.357. The van der Waals surface area contributed by atoms with Crippen LogP contribution in [0.5, 0.6) is 0 Å². The van der Waals surface area contributed by atoms with Crippen LogP contribution in [0.15, 0.2) is 29.2 Å². The maximum atomic E-state index is 11.5. The highest BCUT2D eigenvalue weighted by Crippen LogP contribution is 2.31. The maximum Gasteiger partial charge on any atom is 0.349 e. The molecule has 19 heavy (non-hydrogen) atoms. The molecule has 0 saturated carbocycles. The van der Waals surface area contributed by atoms with Crippen molar-refractivity contribution in [1.29, 1.82) is 0 Å². The van der Waals surface area contributed by atoms with Crippen LogP contribution in [-0.4, -0.2) is 18.1 Å². The standard InChI is InChI=1S/C13H12ClNO2S2/c1-8-12(13(16)17-2)19-11(15-8)7-18-10-6-4-3-5-9(10)14/h3-6H,7H2,1-2H3. The number of aromatic nitrogens is 1. The largest absolute Gasteiger partial charge is 0.465 e. The molecule has 0 bridgehead atoms. The third-order valence-corrected chi connectivity index (χ3v) is 5.25. The van der Waals surface area contributed by atoms with Gasteiger partial charge in [-0.3, -0.25) is 0 Å². The lowest BCUT2D eigenvalue weighted by Gasteiger charge is -2.01. The summed E-state index contributed by atoms with van der Waals surface area (Å²) in [5, 5.41) is 1.62. The van der Waals surface area contributed by atoms with Crippen molar-refractivity contribution in [3.05, 3.63) is 44.9 Å². The van der Waals surface area contributed by atoms with Gasteiger partial charge in [-0.1, -0.05) is 23.7 Å². The molecule has 0 saturated heterocycles. The molecular weight excluding hydrogens is 302 g/mol. The highest BCUT2D eigenvalue weighted by atomic mass is 35.5. The number of benzene rings is 1. The van der Waals surface area contributed by atoms with Gasteiger partial charge in [0.15, 0.2) is 0 Å². The number of halogens is 1. The third kappa shape index (κ3) is 3.49. The van der Waals surface area contributed by atoms with E-state index in [4.69, 9.17) is 16.3 Å². The molecule has 0 fully saturated rings. The molecule has 100 valence electrons. The van der Waals surface area contributed by atoms with Gasteiger partial charge in [0.05, 0.1) is 23.6 Å². The van der Waals surface area contributed by atoms with Crippen LogP contribution < -0.4 is 0 Å². The van der Waals surface area contributed by atoms with Crippen LogP contribution in [-0.2, 0) is 10.5 Å². The van der Waals surface area contributed by atoms with Crippen molar-refractivity contribution in [2.75, 3.05) is 7.11 Å². The number of nitrogens with zero attached hydrogens (tertiary/aromatic N) is 1. The van der Waals surface area contributed by atoms with E-state index in [1.807, 2.05) is 31.2 Å². The van der Waals surface area contributed by atoms with E-state index in [2.05, 4.69) is 4.98 Å². The summed E-state index contributed by atoms with van der Waals surface area (Å²) in [5.41, 5.74) is 0.714. The maximum absolute atomic E-state index is 11.5. The summed E-state index contributed by atoms with van der Waals surface area (Å²) in [7, 11) is 1.37. The Morgan fingerprint density at radius 2 is 2.21 bits per heavy atom. The summed E-state index contributed by atoms with van der Waals surface area (Å²) in [4.78, 5) is 17.5. The lowest BCUT2D eigenvalue weighted by atomic mass is 10.4. The Labute approximate surface area is 125 Å². The number of carbonyl (C=O) groups excluding carboxylic acids is 1. The molecule has 0 spiro atoms. The van der Waals surface area contributed by atoms with Gasteiger partial charge in [0, 0.05) is 4.90 Å².